The first-order valence-electron chi connectivity index (χ1n) is 9.30. The molecule has 0 atom stereocenters. The lowest BCUT2D eigenvalue weighted by molar-refractivity contribution is 0.102. The number of pyridine rings is 1. The Morgan fingerprint density at radius 1 is 1.14 bits per heavy atom. The molecule has 1 aliphatic heterocycles. The van der Waals surface area contributed by atoms with Crippen LogP contribution in [0.15, 0.2) is 48.9 Å². The van der Waals surface area contributed by atoms with E-state index in [1.54, 1.807) is 30.8 Å². The van der Waals surface area contributed by atoms with Crippen LogP contribution in [-0.2, 0) is 0 Å². The van der Waals surface area contributed by atoms with Crippen LogP contribution in [0.5, 0.6) is 5.75 Å². The fourth-order valence-electron chi connectivity index (χ4n) is 3.31. The monoisotopic (exact) mass is 430 g/mol. The van der Waals surface area contributed by atoms with Crippen LogP contribution in [0.1, 0.15) is 34.0 Å². The van der Waals surface area contributed by atoms with E-state index in [0.717, 1.165) is 42.8 Å². The van der Waals surface area contributed by atoms with Crippen LogP contribution in [0.3, 0.4) is 0 Å². The first-order chi connectivity index (χ1) is 13.7. The van der Waals surface area contributed by atoms with Crippen molar-refractivity contribution in [3.05, 3.63) is 59.4 Å². The summed E-state index contributed by atoms with van der Waals surface area (Å²) in [7, 11) is 1.64. The summed E-state index contributed by atoms with van der Waals surface area (Å²) >= 11 is 1.56. The molecule has 4 rings (SSSR count). The van der Waals surface area contributed by atoms with Crippen molar-refractivity contribution >= 4 is 34.8 Å². The van der Waals surface area contributed by atoms with Gasteiger partial charge in [-0.05, 0) is 55.6 Å². The number of benzene rings is 1. The summed E-state index contributed by atoms with van der Waals surface area (Å²) in [4.78, 5) is 22.5. The van der Waals surface area contributed by atoms with Crippen LogP contribution in [0.25, 0.3) is 11.1 Å². The van der Waals surface area contributed by atoms with Gasteiger partial charge in [0.15, 0.2) is 5.13 Å². The maximum atomic E-state index is 12.7. The number of nitrogens with one attached hydrogen (secondary N) is 2. The Morgan fingerprint density at radius 2 is 1.90 bits per heavy atom. The van der Waals surface area contributed by atoms with E-state index in [4.69, 9.17) is 4.74 Å². The topological polar surface area (TPSA) is 76.1 Å². The lowest BCUT2D eigenvalue weighted by atomic mass is 9.97. The van der Waals surface area contributed by atoms with Gasteiger partial charge in [0.25, 0.3) is 5.91 Å². The lowest BCUT2D eigenvalue weighted by Crippen LogP contribution is -2.26. The third kappa shape index (κ3) is 5.12. The zero-order valence-electron chi connectivity index (χ0n) is 16.1. The molecule has 0 spiro atoms. The highest BCUT2D eigenvalue weighted by Crippen LogP contribution is 2.32. The molecule has 2 aromatic heterocycles. The van der Waals surface area contributed by atoms with E-state index < -0.39 is 0 Å². The predicted molar refractivity (Wildman–Crippen MR) is 118 cm³/mol. The van der Waals surface area contributed by atoms with Crippen molar-refractivity contribution < 1.29 is 9.53 Å². The van der Waals surface area contributed by atoms with Crippen molar-refractivity contribution in [1.82, 2.24) is 15.3 Å². The van der Waals surface area contributed by atoms with Crippen LogP contribution >= 0.6 is 23.7 Å². The Morgan fingerprint density at radius 3 is 2.62 bits per heavy atom. The molecule has 29 heavy (non-hydrogen) atoms. The standard InChI is InChI=1S/C21H22N4O2S.ClH/c1-27-18-4-2-14(3-5-18)16-10-17(12-23-11-16)20(26)25-21-24-13-19(28-21)15-6-8-22-9-7-15;/h2-5,10-13,15,22H,6-9H2,1H3,(H,24,25,26);1H. The molecule has 1 aromatic carbocycles. The second-order valence-corrected chi connectivity index (χ2v) is 7.80. The number of carbonyl (C=O) groups is 1. The molecule has 0 unspecified atom stereocenters. The Labute approximate surface area is 180 Å². The van der Waals surface area contributed by atoms with E-state index in [-0.39, 0.29) is 18.3 Å². The molecule has 8 heteroatoms. The fourth-order valence-corrected chi connectivity index (χ4v) is 4.29. The summed E-state index contributed by atoms with van der Waals surface area (Å²) in [5.41, 5.74) is 2.36. The number of thiazole rings is 1. The van der Waals surface area contributed by atoms with E-state index in [0.29, 0.717) is 16.6 Å². The molecular formula is C21H23ClN4O2S. The summed E-state index contributed by atoms with van der Waals surface area (Å²) in [5, 5.41) is 6.91. The van der Waals surface area contributed by atoms with Crippen LogP contribution < -0.4 is 15.4 Å². The quantitative estimate of drug-likeness (QED) is 0.629. The van der Waals surface area contributed by atoms with E-state index >= 15 is 0 Å². The number of aromatic nitrogens is 2. The highest BCUT2D eigenvalue weighted by molar-refractivity contribution is 7.15. The Bertz CT molecular complexity index is 955. The van der Waals surface area contributed by atoms with Gasteiger partial charge in [0.2, 0.25) is 0 Å². The number of ether oxygens (including phenoxy) is 1. The van der Waals surface area contributed by atoms with Crippen molar-refractivity contribution in [3.8, 4) is 16.9 Å². The maximum absolute atomic E-state index is 12.7. The molecule has 3 heterocycles. The van der Waals surface area contributed by atoms with Crippen molar-refractivity contribution in [3.63, 3.8) is 0 Å². The number of carbonyl (C=O) groups excluding carboxylic acids is 1. The van der Waals surface area contributed by atoms with Crippen LogP contribution in [-0.4, -0.2) is 36.1 Å². The smallest absolute Gasteiger partial charge is 0.259 e. The highest BCUT2D eigenvalue weighted by Gasteiger charge is 2.18. The number of piperidine rings is 1. The third-order valence-electron chi connectivity index (χ3n) is 4.91. The number of hydrogen-bond acceptors (Lipinski definition) is 6. The minimum absolute atomic E-state index is 0. The van der Waals surface area contributed by atoms with Crippen molar-refractivity contribution in [2.75, 3.05) is 25.5 Å². The molecule has 6 nitrogen and oxygen atoms in total. The molecule has 1 saturated heterocycles. The number of methoxy groups -OCH3 is 1. The lowest BCUT2D eigenvalue weighted by Gasteiger charge is -2.20. The second-order valence-electron chi connectivity index (χ2n) is 6.74. The number of hydrogen-bond donors (Lipinski definition) is 2. The second kappa shape index (κ2) is 9.82. The Hall–Kier alpha value is -2.48. The number of rotatable bonds is 5. The van der Waals surface area contributed by atoms with Gasteiger partial charge in [-0.2, -0.15) is 0 Å². The molecule has 152 valence electrons. The molecule has 0 aliphatic carbocycles. The maximum Gasteiger partial charge on any atom is 0.259 e. The van der Waals surface area contributed by atoms with Crippen molar-refractivity contribution in [2.45, 2.75) is 18.8 Å². The van der Waals surface area contributed by atoms with Gasteiger partial charge < -0.3 is 10.1 Å². The summed E-state index contributed by atoms with van der Waals surface area (Å²) < 4.78 is 5.19. The van der Waals surface area contributed by atoms with Gasteiger partial charge in [-0.3, -0.25) is 15.1 Å². The van der Waals surface area contributed by atoms with E-state index in [2.05, 4.69) is 20.6 Å². The van der Waals surface area contributed by atoms with Gasteiger partial charge in [-0.1, -0.05) is 12.1 Å². The van der Waals surface area contributed by atoms with E-state index in [1.807, 2.05) is 36.5 Å². The zero-order chi connectivity index (χ0) is 19.3. The van der Waals surface area contributed by atoms with Gasteiger partial charge in [0.1, 0.15) is 5.75 Å². The Kier molecular flexibility index (Phi) is 7.19. The fraction of sp³-hybridized carbons (Fsp3) is 0.286. The molecule has 0 bridgehead atoms. The highest BCUT2D eigenvalue weighted by atomic mass is 35.5. The molecule has 3 aromatic rings. The first kappa shape index (κ1) is 21.2. The van der Waals surface area contributed by atoms with Gasteiger partial charge in [0.05, 0.1) is 12.7 Å². The van der Waals surface area contributed by atoms with Crippen molar-refractivity contribution in [2.24, 2.45) is 0 Å². The normalized spacial score (nSPS) is 14.1. The SMILES string of the molecule is COc1ccc(-c2cncc(C(=O)Nc3ncc(C4CCNCC4)s3)c2)cc1.Cl. The molecule has 1 aliphatic rings. The van der Waals surface area contributed by atoms with E-state index in [1.165, 1.54) is 4.88 Å². The number of halogens is 1. The number of amides is 1. The summed E-state index contributed by atoms with van der Waals surface area (Å²) in [5.74, 6) is 1.12. The Balaban J connectivity index is 0.00000240. The molecular weight excluding hydrogens is 408 g/mol. The average Bonchev–Trinajstić information content (AvgIpc) is 3.23. The van der Waals surface area contributed by atoms with Gasteiger partial charge in [-0.25, -0.2) is 4.98 Å². The third-order valence-corrected chi connectivity index (χ3v) is 5.98. The minimum Gasteiger partial charge on any atom is -0.497 e. The summed E-state index contributed by atoms with van der Waals surface area (Å²) in [6, 6.07) is 9.51. The van der Waals surface area contributed by atoms with Crippen LogP contribution in [0.2, 0.25) is 0 Å². The number of anilines is 1. The van der Waals surface area contributed by atoms with Gasteiger partial charge in [0, 0.05) is 29.0 Å². The first-order valence-corrected chi connectivity index (χ1v) is 10.1. The zero-order valence-corrected chi connectivity index (χ0v) is 17.7. The van der Waals surface area contributed by atoms with E-state index in [9.17, 15) is 4.79 Å². The predicted octanol–water partition coefficient (Wildman–Crippen LogP) is 4.35. The molecule has 0 radical (unpaired) electrons. The van der Waals surface area contributed by atoms with Gasteiger partial charge in [-0.15, -0.1) is 23.7 Å². The largest absolute Gasteiger partial charge is 0.497 e. The molecule has 1 fully saturated rings. The average molecular weight is 431 g/mol. The van der Waals surface area contributed by atoms with Crippen LogP contribution in [0.4, 0.5) is 5.13 Å². The number of nitrogens with zero attached hydrogens (tertiary/aromatic N) is 2. The van der Waals surface area contributed by atoms with Gasteiger partial charge >= 0.3 is 0 Å². The minimum atomic E-state index is -0.200. The summed E-state index contributed by atoms with van der Waals surface area (Å²) in [6.45, 7) is 2.07. The molecule has 2 N–H and O–H groups in total. The summed E-state index contributed by atoms with van der Waals surface area (Å²) in [6.07, 6.45) is 7.44. The van der Waals surface area contributed by atoms with Crippen molar-refractivity contribution in [1.29, 1.82) is 0 Å². The molecule has 0 saturated carbocycles. The molecule has 1 amide bonds. The van der Waals surface area contributed by atoms with Crippen LogP contribution in [0, 0.1) is 0 Å².